The normalized spacial score (nSPS) is 20.3. The van der Waals surface area contributed by atoms with Gasteiger partial charge in [0, 0.05) is 26.2 Å². The van der Waals surface area contributed by atoms with E-state index in [0.29, 0.717) is 43.1 Å². The molecule has 0 saturated carbocycles. The SMILES string of the molecule is CN1C(=O)[C@@H](NC(=O)OC(C)(C)C)COc2ccc(OCC(=O)N3CCC(C)(O)CC3)cc21. The number of carbonyl (C=O) groups excluding carboxylic acids is 3. The Labute approximate surface area is 193 Å². The van der Waals surface area contributed by atoms with Crippen LogP contribution >= 0.6 is 0 Å². The Morgan fingerprint density at radius 3 is 2.58 bits per heavy atom. The zero-order chi connectivity index (χ0) is 24.4. The highest BCUT2D eigenvalue weighted by atomic mass is 16.6. The van der Waals surface area contributed by atoms with Crippen LogP contribution in [0.4, 0.5) is 10.5 Å². The summed E-state index contributed by atoms with van der Waals surface area (Å²) in [5.41, 5.74) is -0.960. The van der Waals surface area contributed by atoms with Gasteiger partial charge >= 0.3 is 6.09 Å². The maximum Gasteiger partial charge on any atom is 0.408 e. The number of rotatable bonds is 4. The van der Waals surface area contributed by atoms with Crippen LogP contribution in [0.2, 0.25) is 0 Å². The second kappa shape index (κ2) is 9.46. The molecule has 0 aromatic heterocycles. The van der Waals surface area contributed by atoms with Crippen LogP contribution < -0.4 is 19.7 Å². The lowest BCUT2D eigenvalue weighted by Crippen LogP contribution is -2.50. The van der Waals surface area contributed by atoms with Crippen molar-refractivity contribution in [3.63, 3.8) is 0 Å². The lowest BCUT2D eigenvalue weighted by molar-refractivity contribution is -0.137. The molecule has 1 aromatic carbocycles. The number of amides is 3. The fourth-order valence-electron chi connectivity index (χ4n) is 3.60. The molecule has 1 aromatic rings. The third kappa shape index (κ3) is 6.50. The first-order valence-electron chi connectivity index (χ1n) is 11.0. The molecule has 2 aliphatic rings. The average Bonchev–Trinajstić information content (AvgIpc) is 2.83. The van der Waals surface area contributed by atoms with Crippen molar-refractivity contribution in [1.29, 1.82) is 0 Å². The van der Waals surface area contributed by atoms with Crippen molar-refractivity contribution in [1.82, 2.24) is 10.2 Å². The van der Waals surface area contributed by atoms with Crippen LogP contribution in [0, 0.1) is 0 Å². The molecule has 2 N–H and O–H groups in total. The van der Waals surface area contributed by atoms with E-state index in [9.17, 15) is 19.5 Å². The van der Waals surface area contributed by atoms with E-state index in [0.717, 1.165) is 0 Å². The Bertz CT molecular complexity index is 900. The molecule has 0 bridgehead atoms. The highest BCUT2D eigenvalue weighted by Gasteiger charge is 2.33. The van der Waals surface area contributed by atoms with Crippen molar-refractivity contribution in [3.05, 3.63) is 18.2 Å². The summed E-state index contributed by atoms with van der Waals surface area (Å²) < 4.78 is 16.6. The van der Waals surface area contributed by atoms with Gasteiger partial charge in [-0.25, -0.2) is 4.79 Å². The second-order valence-electron chi connectivity index (χ2n) is 9.70. The minimum absolute atomic E-state index is 0.0488. The molecule has 3 amide bonds. The van der Waals surface area contributed by atoms with E-state index in [1.54, 1.807) is 57.8 Å². The smallest absolute Gasteiger partial charge is 0.408 e. The molecule has 0 aliphatic carbocycles. The Hall–Kier alpha value is -3.01. The Morgan fingerprint density at radius 2 is 1.94 bits per heavy atom. The molecule has 0 spiro atoms. The zero-order valence-electron chi connectivity index (χ0n) is 19.8. The number of benzene rings is 1. The van der Waals surface area contributed by atoms with Crippen LogP contribution in [0.25, 0.3) is 0 Å². The van der Waals surface area contributed by atoms with Gasteiger partial charge < -0.3 is 34.4 Å². The van der Waals surface area contributed by atoms with Crippen LogP contribution in [0.5, 0.6) is 11.5 Å². The number of nitrogens with one attached hydrogen (secondary N) is 1. The highest BCUT2D eigenvalue weighted by Crippen LogP contribution is 2.34. The number of nitrogens with zero attached hydrogens (tertiary/aromatic N) is 2. The summed E-state index contributed by atoms with van der Waals surface area (Å²) in [6.45, 7) is 7.75. The van der Waals surface area contributed by atoms with Crippen molar-refractivity contribution < 1.29 is 33.7 Å². The van der Waals surface area contributed by atoms with Crippen molar-refractivity contribution in [2.24, 2.45) is 0 Å². The van der Waals surface area contributed by atoms with E-state index >= 15 is 0 Å². The molecule has 10 nitrogen and oxygen atoms in total. The van der Waals surface area contributed by atoms with Gasteiger partial charge in [-0.1, -0.05) is 0 Å². The summed E-state index contributed by atoms with van der Waals surface area (Å²) in [7, 11) is 1.58. The van der Waals surface area contributed by atoms with Gasteiger partial charge in [0.25, 0.3) is 11.8 Å². The van der Waals surface area contributed by atoms with Crippen LogP contribution in [0.1, 0.15) is 40.5 Å². The van der Waals surface area contributed by atoms with Gasteiger partial charge in [0.2, 0.25) is 0 Å². The molecule has 3 rings (SSSR count). The summed E-state index contributed by atoms with van der Waals surface area (Å²) in [4.78, 5) is 40.5. The molecule has 1 fully saturated rings. The molecular weight excluding hydrogens is 430 g/mol. The fraction of sp³-hybridized carbons (Fsp3) is 0.609. The van der Waals surface area contributed by atoms with Crippen molar-refractivity contribution in [2.45, 2.75) is 57.8 Å². The van der Waals surface area contributed by atoms with Gasteiger partial charge in [-0.3, -0.25) is 9.59 Å². The van der Waals surface area contributed by atoms with Gasteiger partial charge in [0.05, 0.1) is 11.3 Å². The second-order valence-corrected chi connectivity index (χ2v) is 9.70. The number of carbonyl (C=O) groups is 3. The van der Waals surface area contributed by atoms with E-state index in [1.807, 2.05) is 0 Å². The Morgan fingerprint density at radius 1 is 1.27 bits per heavy atom. The highest BCUT2D eigenvalue weighted by molar-refractivity contribution is 6.00. The molecule has 0 unspecified atom stereocenters. The predicted molar refractivity (Wildman–Crippen MR) is 120 cm³/mol. The van der Waals surface area contributed by atoms with E-state index in [-0.39, 0.29) is 25.0 Å². The summed E-state index contributed by atoms with van der Waals surface area (Å²) in [5, 5.41) is 12.6. The van der Waals surface area contributed by atoms with Gasteiger partial charge in [0.1, 0.15) is 29.7 Å². The standard InChI is InChI=1S/C23H33N3O7/c1-22(2,3)33-21(29)24-16-13-32-18-7-6-15(12-17(18)25(5)20(16)28)31-14-19(27)26-10-8-23(4,30)9-11-26/h6-7,12,16,30H,8-11,13-14H2,1-5H3,(H,24,29)/t16-/m0/s1. The number of fused-ring (bicyclic) bond motifs is 1. The van der Waals surface area contributed by atoms with Crippen molar-refractivity contribution in [3.8, 4) is 11.5 Å². The fourth-order valence-corrected chi connectivity index (χ4v) is 3.60. The third-order valence-corrected chi connectivity index (χ3v) is 5.57. The van der Waals surface area contributed by atoms with Crippen molar-refractivity contribution >= 4 is 23.6 Å². The number of likely N-dealkylation sites (tertiary alicyclic amines) is 1. The lowest BCUT2D eigenvalue weighted by atomic mass is 9.94. The minimum Gasteiger partial charge on any atom is -0.489 e. The largest absolute Gasteiger partial charge is 0.489 e. The number of hydrogen-bond acceptors (Lipinski definition) is 7. The van der Waals surface area contributed by atoms with E-state index < -0.39 is 23.3 Å². The first-order chi connectivity index (χ1) is 15.3. The molecule has 33 heavy (non-hydrogen) atoms. The molecule has 2 heterocycles. The van der Waals surface area contributed by atoms with E-state index in [2.05, 4.69) is 5.32 Å². The summed E-state index contributed by atoms with van der Waals surface area (Å²) in [6, 6.07) is 4.02. The zero-order valence-corrected chi connectivity index (χ0v) is 19.8. The van der Waals surface area contributed by atoms with Gasteiger partial charge in [0.15, 0.2) is 6.61 Å². The number of likely N-dealkylation sites (N-methyl/N-ethyl adjacent to an activating group) is 1. The molecule has 1 atom stereocenters. The first kappa shape index (κ1) is 24.6. The molecule has 182 valence electrons. The quantitative estimate of drug-likeness (QED) is 0.698. The molecule has 1 saturated heterocycles. The van der Waals surface area contributed by atoms with Gasteiger partial charge in [-0.05, 0) is 52.7 Å². The van der Waals surface area contributed by atoms with Crippen LogP contribution in [0.15, 0.2) is 18.2 Å². The maximum absolute atomic E-state index is 12.9. The third-order valence-electron chi connectivity index (χ3n) is 5.57. The first-order valence-corrected chi connectivity index (χ1v) is 11.0. The minimum atomic E-state index is -0.917. The summed E-state index contributed by atoms with van der Waals surface area (Å²) in [6.07, 6.45) is 0.353. The molecule has 2 aliphatic heterocycles. The molecule has 10 heteroatoms. The van der Waals surface area contributed by atoms with Crippen LogP contribution in [-0.4, -0.2) is 78.5 Å². The molecule has 0 radical (unpaired) electrons. The average molecular weight is 464 g/mol. The number of anilines is 1. The molecular formula is C23H33N3O7. The van der Waals surface area contributed by atoms with Crippen molar-refractivity contribution in [2.75, 3.05) is 38.3 Å². The Kier molecular flexibility index (Phi) is 7.06. The summed E-state index contributed by atoms with van der Waals surface area (Å²) in [5.74, 6) is 0.333. The lowest BCUT2D eigenvalue weighted by Gasteiger charge is -2.35. The van der Waals surface area contributed by atoms with Crippen LogP contribution in [-0.2, 0) is 14.3 Å². The Balaban J connectivity index is 1.61. The number of alkyl carbamates (subject to hydrolysis) is 1. The van der Waals surface area contributed by atoms with E-state index in [4.69, 9.17) is 14.2 Å². The maximum atomic E-state index is 12.9. The summed E-state index contributed by atoms with van der Waals surface area (Å²) >= 11 is 0. The topological polar surface area (TPSA) is 118 Å². The monoisotopic (exact) mass is 463 g/mol. The number of ether oxygens (including phenoxy) is 3. The predicted octanol–water partition coefficient (Wildman–Crippen LogP) is 1.69. The van der Waals surface area contributed by atoms with Gasteiger partial charge in [-0.2, -0.15) is 0 Å². The van der Waals surface area contributed by atoms with E-state index in [1.165, 1.54) is 4.90 Å². The van der Waals surface area contributed by atoms with Crippen LogP contribution in [0.3, 0.4) is 0 Å². The van der Waals surface area contributed by atoms with Gasteiger partial charge in [-0.15, -0.1) is 0 Å². The number of hydrogen-bond donors (Lipinski definition) is 2. The number of piperidine rings is 1. The number of aliphatic hydroxyl groups is 1.